The van der Waals surface area contributed by atoms with Crippen LogP contribution in [-0.4, -0.2) is 63.7 Å². The number of hydrogen-bond acceptors (Lipinski definition) is 7. The highest BCUT2D eigenvalue weighted by Crippen LogP contribution is 2.36. The Balaban J connectivity index is 2.18. The van der Waals surface area contributed by atoms with Gasteiger partial charge in [-0.2, -0.15) is 0 Å². The van der Waals surface area contributed by atoms with Crippen molar-refractivity contribution in [2.24, 2.45) is 0 Å². The standard InChI is InChI=1S/C15H24BN3O5/c1-6-19(12(22)11(21)9-20)13-17-7-10(8-18-13)16-23-14(2,3)15(4,5)24-16/h7-8,11,20-21H,6,9H2,1-5H3/t11-/m0/s1. The molecule has 2 heterocycles. The van der Waals surface area contributed by atoms with E-state index >= 15 is 0 Å². The van der Waals surface area contributed by atoms with E-state index in [-0.39, 0.29) is 12.5 Å². The fourth-order valence-electron chi connectivity index (χ4n) is 2.23. The average Bonchev–Trinajstić information content (AvgIpc) is 2.76. The Morgan fingerprint density at radius 2 is 1.75 bits per heavy atom. The minimum absolute atomic E-state index is 0.148. The van der Waals surface area contributed by atoms with Gasteiger partial charge in [-0.15, -0.1) is 0 Å². The lowest BCUT2D eigenvalue weighted by atomic mass is 9.81. The maximum Gasteiger partial charge on any atom is 0.498 e. The summed E-state index contributed by atoms with van der Waals surface area (Å²) in [5.74, 6) is -0.501. The molecule has 0 radical (unpaired) electrons. The highest BCUT2D eigenvalue weighted by atomic mass is 16.7. The molecule has 1 saturated heterocycles. The minimum atomic E-state index is -1.49. The van der Waals surface area contributed by atoms with Crippen molar-refractivity contribution in [1.29, 1.82) is 0 Å². The van der Waals surface area contributed by atoms with Gasteiger partial charge in [0.1, 0.15) is 0 Å². The summed E-state index contributed by atoms with van der Waals surface area (Å²) < 4.78 is 11.8. The highest BCUT2D eigenvalue weighted by Gasteiger charge is 2.52. The van der Waals surface area contributed by atoms with Crippen LogP contribution in [0.15, 0.2) is 12.4 Å². The molecule has 1 atom stereocenters. The van der Waals surface area contributed by atoms with E-state index in [0.717, 1.165) is 0 Å². The van der Waals surface area contributed by atoms with Crippen molar-refractivity contribution < 1.29 is 24.3 Å². The maximum absolute atomic E-state index is 12.0. The molecule has 0 spiro atoms. The summed E-state index contributed by atoms with van der Waals surface area (Å²) >= 11 is 0. The number of anilines is 1. The SMILES string of the molecule is CCN(C(=O)[C@@H](O)CO)c1ncc(B2OC(C)(C)C(C)(C)O2)cn1. The molecular weight excluding hydrogens is 313 g/mol. The van der Waals surface area contributed by atoms with E-state index in [2.05, 4.69) is 9.97 Å². The summed E-state index contributed by atoms with van der Waals surface area (Å²) in [5.41, 5.74) is -0.288. The Labute approximate surface area is 142 Å². The molecule has 1 fully saturated rings. The lowest BCUT2D eigenvalue weighted by molar-refractivity contribution is -0.128. The maximum atomic E-state index is 12.0. The molecule has 1 aromatic heterocycles. The molecule has 9 heteroatoms. The first-order valence-corrected chi connectivity index (χ1v) is 7.91. The number of rotatable bonds is 5. The number of aliphatic hydroxyl groups excluding tert-OH is 2. The van der Waals surface area contributed by atoms with Crippen molar-refractivity contribution in [2.75, 3.05) is 18.1 Å². The van der Waals surface area contributed by atoms with Gasteiger partial charge in [-0.05, 0) is 34.6 Å². The van der Waals surface area contributed by atoms with Crippen LogP contribution >= 0.6 is 0 Å². The predicted octanol–water partition coefficient (Wildman–Crippen LogP) is -0.518. The molecule has 0 aromatic carbocycles. The van der Waals surface area contributed by atoms with Gasteiger partial charge >= 0.3 is 7.12 Å². The molecule has 0 saturated carbocycles. The summed E-state index contributed by atoms with van der Waals surface area (Å²) in [5, 5.41) is 18.4. The quantitative estimate of drug-likeness (QED) is 0.697. The van der Waals surface area contributed by atoms with Gasteiger partial charge in [0.15, 0.2) is 6.10 Å². The molecule has 8 nitrogen and oxygen atoms in total. The van der Waals surface area contributed by atoms with Crippen LogP contribution in [-0.2, 0) is 14.1 Å². The fourth-order valence-corrected chi connectivity index (χ4v) is 2.23. The molecule has 0 bridgehead atoms. The van der Waals surface area contributed by atoms with Gasteiger partial charge in [0.05, 0.1) is 17.8 Å². The normalized spacial score (nSPS) is 20.0. The summed E-state index contributed by atoms with van der Waals surface area (Å²) in [6, 6.07) is 0. The predicted molar refractivity (Wildman–Crippen MR) is 88.9 cm³/mol. The van der Waals surface area contributed by atoms with Crippen LogP contribution < -0.4 is 10.4 Å². The second-order valence-corrected chi connectivity index (χ2v) is 6.69. The molecular formula is C15H24BN3O5. The summed E-state index contributed by atoms with van der Waals surface area (Å²) in [4.78, 5) is 21.5. The molecule has 1 aromatic rings. The summed E-state index contributed by atoms with van der Waals surface area (Å²) in [6.07, 6.45) is 1.58. The van der Waals surface area contributed by atoms with Crippen LogP contribution in [0.1, 0.15) is 34.6 Å². The lowest BCUT2D eigenvalue weighted by Crippen LogP contribution is -2.42. The first-order valence-electron chi connectivity index (χ1n) is 7.91. The number of amides is 1. The van der Waals surface area contributed by atoms with Gasteiger partial charge in [0, 0.05) is 24.4 Å². The molecule has 2 rings (SSSR count). The Kier molecular flexibility index (Phi) is 5.29. The van der Waals surface area contributed by atoms with Crippen molar-refractivity contribution in [3.63, 3.8) is 0 Å². The van der Waals surface area contributed by atoms with Gasteiger partial charge in [-0.3, -0.25) is 9.69 Å². The third kappa shape index (κ3) is 3.44. The van der Waals surface area contributed by atoms with E-state index in [9.17, 15) is 9.90 Å². The average molecular weight is 337 g/mol. The Bertz CT molecular complexity index is 577. The molecule has 0 unspecified atom stereocenters. The van der Waals surface area contributed by atoms with Crippen molar-refractivity contribution in [1.82, 2.24) is 9.97 Å². The summed E-state index contributed by atoms with van der Waals surface area (Å²) in [6.45, 7) is 9.17. The number of hydrogen-bond donors (Lipinski definition) is 2. The van der Waals surface area contributed by atoms with Gasteiger partial charge in [-0.25, -0.2) is 9.97 Å². The van der Waals surface area contributed by atoms with Gasteiger partial charge in [0.2, 0.25) is 5.95 Å². The number of nitrogens with zero attached hydrogens (tertiary/aromatic N) is 3. The largest absolute Gasteiger partial charge is 0.498 e. The van der Waals surface area contributed by atoms with Gasteiger partial charge in [-0.1, -0.05) is 0 Å². The molecule has 1 aliphatic rings. The first kappa shape index (κ1) is 18.8. The zero-order valence-corrected chi connectivity index (χ0v) is 14.7. The van der Waals surface area contributed by atoms with Crippen molar-refractivity contribution in [3.05, 3.63) is 12.4 Å². The third-order valence-corrected chi connectivity index (χ3v) is 4.47. The Morgan fingerprint density at radius 3 is 2.17 bits per heavy atom. The second kappa shape index (κ2) is 6.75. The molecule has 132 valence electrons. The van der Waals surface area contributed by atoms with Crippen LogP contribution in [0.5, 0.6) is 0 Å². The van der Waals surface area contributed by atoms with Crippen LogP contribution in [0.3, 0.4) is 0 Å². The van der Waals surface area contributed by atoms with E-state index in [4.69, 9.17) is 14.4 Å². The van der Waals surface area contributed by atoms with Crippen LogP contribution in [0.25, 0.3) is 0 Å². The zero-order valence-electron chi connectivity index (χ0n) is 14.7. The van der Waals surface area contributed by atoms with E-state index in [0.29, 0.717) is 5.46 Å². The molecule has 24 heavy (non-hydrogen) atoms. The molecule has 0 aliphatic carbocycles. The third-order valence-electron chi connectivity index (χ3n) is 4.47. The van der Waals surface area contributed by atoms with E-state index in [1.807, 2.05) is 27.7 Å². The second-order valence-electron chi connectivity index (χ2n) is 6.69. The molecule has 2 N–H and O–H groups in total. The monoisotopic (exact) mass is 337 g/mol. The van der Waals surface area contributed by atoms with Gasteiger partial charge in [0.25, 0.3) is 5.91 Å². The van der Waals surface area contributed by atoms with Crippen molar-refractivity contribution in [3.8, 4) is 0 Å². The molecule has 1 amide bonds. The van der Waals surface area contributed by atoms with E-state index < -0.39 is 36.9 Å². The lowest BCUT2D eigenvalue weighted by Gasteiger charge is -2.32. The number of aliphatic hydroxyl groups is 2. The smallest absolute Gasteiger partial charge is 0.399 e. The topological polar surface area (TPSA) is 105 Å². The first-order chi connectivity index (χ1) is 11.1. The van der Waals surface area contributed by atoms with Crippen molar-refractivity contribution in [2.45, 2.75) is 51.9 Å². The molecule has 1 aliphatic heterocycles. The number of likely N-dealkylation sites (N-methyl/N-ethyl adjacent to an activating group) is 1. The van der Waals surface area contributed by atoms with Crippen LogP contribution in [0, 0.1) is 0 Å². The Hall–Kier alpha value is -1.55. The number of carbonyl (C=O) groups is 1. The zero-order chi connectivity index (χ0) is 18.1. The fraction of sp³-hybridized carbons (Fsp3) is 0.667. The van der Waals surface area contributed by atoms with Crippen molar-refractivity contribution >= 4 is 24.4 Å². The number of carbonyl (C=O) groups excluding carboxylic acids is 1. The van der Waals surface area contributed by atoms with Crippen LogP contribution in [0.4, 0.5) is 5.95 Å². The minimum Gasteiger partial charge on any atom is -0.399 e. The van der Waals surface area contributed by atoms with E-state index in [1.54, 1.807) is 6.92 Å². The summed E-state index contributed by atoms with van der Waals surface area (Å²) in [7, 11) is -0.585. The van der Waals surface area contributed by atoms with Crippen LogP contribution in [0.2, 0.25) is 0 Å². The van der Waals surface area contributed by atoms with E-state index in [1.165, 1.54) is 17.3 Å². The number of aromatic nitrogens is 2. The van der Waals surface area contributed by atoms with Gasteiger partial charge < -0.3 is 19.5 Å². The Morgan fingerprint density at radius 1 is 1.25 bits per heavy atom. The highest BCUT2D eigenvalue weighted by molar-refractivity contribution is 6.61.